The van der Waals surface area contributed by atoms with Crippen molar-refractivity contribution in [2.75, 3.05) is 13.7 Å². The predicted molar refractivity (Wildman–Crippen MR) is 56.6 cm³/mol. The lowest BCUT2D eigenvalue weighted by Gasteiger charge is -2.18. The molecular weight excluding hydrogens is 192 g/mol. The minimum atomic E-state index is -0.366. The fourth-order valence-electron chi connectivity index (χ4n) is 2.03. The van der Waals surface area contributed by atoms with Gasteiger partial charge in [0.2, 0.25) is 0 Å². The molecule has 0 amide bonds. The maximum atomic E-state index is 9.74. The van der Waals surface area contributed by atoms with Crippen molar-refractivity contribution in [1.29, 1.82) is 0 Å². The van der Waals surface area contributed by atoms with Crippen LogP contribution in [0, 0.1) is 0 Å². The van der Waals surface area contributed by atoms with E-state index in [9.17, 15) is 5.11 Å². The molecule has 1 N–H and O–H groups in total. The zero-order valence-electron chi connectivity index (χ0n) is 9.15. The van der Waals surface area contributed by atoms with Gasteiger partial charge in [0, 0.05) is 26.5 Å². The number of fused-ring (bicyclic) bond motifs is 1. The van der Waals surface area contributed by atoms with Gasteiger partial charge in [-0.3, -0.25) is 0 Å². The third-order valence-corrected chi connectivity index (χ3v) is 2.81. The van der Waals surface area contributed by atoms with E-state index in [-0.39, 0.29) is 6.10 Å². The smallest absolute Gasteiger partial charge is 0.137 e. The molecule has 2 rings (SSSR count). The Bertz CT molecular complexity index is 322. The van der Waals surface area contributed by atoms with Crippen molar-refractivity contribution >= 4 is 0 Å². The molecule has 1 aliphatic rings. The SMILES string of the molecule is COCCCc1cn2c(n1)C(O)CCC2. The standard InChI is InChI=1S/C11H18N2O2/c1-15-7-3-4-9-8-13-6-2-5-10(14)11(13)12-9/h8,10,14H,2-7H2,1H3. The van der Waals surface area contributed by atoms with Crippen LogP contribution in [0.4, 0.5) is 0 Å². The maximum Gasteiger partial charge on any atom is 0.137 e. The summed E-state index contributed by atoms with van der Waals surface area (Å²) in [5.41, 5.74) is 1.07. The van der Waals surface area contributed by atoms with Crippen LogP contribution in [-0.4, -0.2) is 28.4 Å². The van der Waals surface area contributed by atoms with Crippen LogP contribution in [0.3, 0.4) is 0 Å². The number of hydrogen-bond donors (Lipinski definition) is 1. The van der Waals surface area contributed by atoms with Crippen LogP contribution in [0.1, 0.15) is 36.9 Å². The molecular formula is C11H18N2O2. The first-order valence-electron chi connectivity index (χ1n) is 5.54. The van der Waals surface area contributed by atoms with Crippen molar-refractivity contribution in [3.05, 3.63) is 17.7 Å². The van der Waals surface area contributed by atoms with Crippen LogP contribution in [0.15, 0.2) is 6.20 Å². The molecule has 0 bridgehead atoms. The first-order chi connectivity index (χ1) is 7.31. The minimum absolute atomic E-state index is 0.366. The van der Waals surface area contributed by atoms with Crippen molar-refractivity contribution in [2.45, 2.75) is 38.3 Å². The molecule has 4 heteroatoms. The summed E-state index contributed by atoms with van der Waals surface area (Å²) in [6, 6.07) is 0. The summed E-state index contributed by atoms with van der Waals surface area (Å²) in [5.74, 6) is 0.841. The molecule has 1 atom stereocenters. The van der Waals surface area contributed by atoms with Crippen LogP contribution in [0.25, 0.3) is 0 Å². The lowest BCUT2D eigenvalue weighted by Crippen LogP contribution is -2.14. The first-order valence-corrected chi connectivity index (χ1v) is 5.54. The summed E-state index contributed by atoms with van der Waals surface area (Å²) >= 11 is 0. The van der Waals surface area contributed by atoms with E-state index in [0.717, 1.165) is 50.4 Å². The molecule has 1 aromatic heterocycles. The fourth-order valence-corrected chi connectivity index (χ4v) is 2.03. The van der Waals surface area contributed by atoms with Gasteiger partial charge in [-0.2, -0.15) is 0 Å². The Hall–Kier alpha value is -0.870. The number of aromatic nitrogens is 2. The number of aryl methyl sites for hydroxylation is 2. The molecule has 84 valence electrons. The average Bonchev–Trinajstić information content (AvgIpc) is 2.63. The molecule has 0 radical (unpaired) electrons. The summed E-state index contributed by atoms with van der Waals surface area (Å²) in [6.45, 7) is 1.76. The van der Waals surface area contributed by atoms with Crippen molar-refractivity contribution in [3.8, 4) is 0 Å². The van der Waals surface area contributed by atoms with Gasteiger partial charge in [-0.05, 0) is 25.7 Å². The van der Waals surface area contributed by atoms with Crippen molar-refractivity contribution in [1.82, 2.24) is 9.55 Å². The number of aliphatic hydroxyl groups is 1. The van der Waals surface area contributed by atoms with Crippen LogP contribution in [0.5, 0.6) is 0 Å². The quantitative estimate of drug-likeness (QED) is 0.762. The predicted octanol–water partition coefficient (Wildman–Crippen LogP) is 1.29. The van der Waals surface area contributed by atoms with E-state index in [2.05, 4.69) is 15.7 Å². The van der Waals surface area contributed by atoms with Crippen LogP contribution in [0.2, 0.25) is 0 Å². The molecule has 0 saturated carbocycles. The third kappa shape index (κ3) is 2.38. The Morgan fingerprint density at radius 1 is 1.67 bits per heavy atom. The highest BCUT2D eigenvalue weighted by Gasteiger charge is 2.20. The van der Waals surface area contributed by atoms with Crippen molar-refractivity contribution in [2.24, 2.45) is 0 Å². The summed E-state index contributed by atoms with van der Waals surface area (Å²) in [5, 5.41) is 9.74. The van der Waals surface area contributed by atoms with Gasteiger partial charge in [0.15, 0.2) is 0 Å². The Morgan fingerprint density at radius 2 is 2.53 bits per heavy atom. The van der Waals surface area contributed by atoms with Gasteiger partial charge < -0.3 is 14.4 Å². The summed E-state index contributed by atoms with van der Waals surface area (Å²) in [7, 11) is 1.71. The van der Waals surface area contributed by atoms with E-state index in [1.807, 2.05) is 0 Å². The number of methoxy groups -OCH3 is 1. The maximum absolute atomic E-state index is 9.74. The van der Waals surface area contributed by atoms with Crippen LogP contribution < -0.4 is 0 Å². The van der Waals surface area contributed by atoms with Gasteiger partial charge >= 0.3 is 0 Å². The number of ether oxygens (including phenoxy) is 1. The molecule has 0 aliphatic carbocycles. The van der Waals surface area contributed by atoms with E-state index >= 15 is 0 Å². The summed E-state index contributed by atoms with van der Waals surface area (Å²) < 4.78 is 7.08. The van der Waals surface area contributed by atoms with E-state index < -0.39 is 0 Å². The second-order valence-electron chi connectivity index (χ2n) is 4.04. The summed E-state index contributed by atoms with van der Waals surface area (Å²) in [4.78, 5) is 4.46. The van der Waals surface area contributed by atoms with Gasteiger partial charge in [0.1, 0.15) is 11.9 Å². The molecule has 15 heavy (non-hydrogen) atoms. The third-order valence-electron chi connectivity index (χ3n) is 2.81. The number of rotatable bonds is 4. The van der Waals surface area contributed by atoms with E-state index in [4.69, 9.17) is 4.74 Å². The number of nitrogens with zero attached hydrogens (tertiary/aromatic N) is 2. The van der Waals surface area contributed by atoms with E-state index in [1.165, 1.54) is 0 Å². The molecule has 0 spiro atoms. The fraction of sp³-hybridized carbons (Fsp3) is 0.727. The van der Waals surface area contributed by atoms with Crippen LogP contribution in [-0.2, 0) is 17.7 Å². The zero-order valence-corrected chi connectivity index (χ0v) is 9.15. The highest BCUT2D eigenvalue weighted by molar-refractivity contribution is 5.08. The minimum Gasteiger partial charge on any atom is -0.385 e. The van der Waals surface area contributed by atoms with Crippen molar-refractivity contribution in [3.63, 3.8) is 0 Å². The molecule has 2 heterocycles. The van der Waals surface area contributed by atoms with E-state index in [1.54, 1.807) is 7.11 Å². The second-order valence-corrected chi connectivity index (χ2v) is 4.04. The Morgan fingerprint density at radius 3 is 3.27 bits per heavy atom. The van der Waals surface area contributed by atoms with Crippen LogP contribution >= 0.6 is 0 Å². The lowest BCUT2D eigenvalue weighted by molar-refractivity contribution is 0.133. The topological polar surface area (TPSA) is 47.3 Å². The molecule has 1 aromatic rings. The number of aliphatic hydroxyl groups excluding tert-OH is 1. The van der Waals surface area contributed by atoms with Gasteiger partial charge in [0.25, 0.3) is 0 Å². The average molecular weight is 210 g/mol. The Balaban J connectivity index is 2.01. The molecule has 0 saturated heterocycles. The number of imidazole rings is 1. The largest absolute Gasteiger partial charge is 0.385 e. The van der Waals surface area contributed by atoms with Gasteiger partial charge in [-0.25, -0.2) is 4.98 Å². The first kappa shape index (κ1) is 10.6. The monoisotopic (exact) mass is 210 g/mol. The highest BCUT2D eigenvalue weighted by atomic mass is 16.5. The molecule has 0 aromatic carbocycles. The highest BCUT2D eigenvalue weighted by Crippen LogP contribution is 2.24. The number of hydrogen-bond acceptors (Lipinski definition) is 3. The zero-order chi connectivity index (χ0) is 10.7. The molecule has 1 aliphatic heterocycles. The Labute approximate surface area is 89.9 Å². The van der Waals surface area contributed by atoms with Gasteiger partial charge in [0.05, 0.1) is 5.69 Å². The summed E-state index contributed by atoms with van der Waals surface area (Å²) in [6.07, 6.45) is 5.50. The molecule has 0 fully saturated rings. The van der Waals surface area contributed by atoms with Gasteiger partial charge in [-0.15, -0.1) is 0 Å². The van der Waals surface area contributed by atoms with Crippen molar-refractivity contribution < 1.29 is 9.84 Å². The normalized spacial score (nSPS) is 20.3. The Kier molecular flexibility index (Phi) is 3.38. The molecule has 4 nitrogen and oxygen atoms in total. The molecule has 1 unspecified atom stereocenters. The lowest BCUT2D eigenvalue weighted by atomic mass is 10.1. The van der Waals surface area contributed by atoms with E-state index in [0.29, 0.717) is 0 Å². The second kappa shape index (κ2) is 4.77. The van der Waals surface area contributed by atoms with Gasteiger partial charge in [-0.1, -0.05) is 0 Å².